The molecule has 0 saturated carbocycles. The number of amides is 4. The molecule has 3 aromatic carbocycles. The molecule has 0 bridgehead atoms. The summed E-state index contributed by atoms with van der Waals surface area (Å²) < 4.78 is 28.2. The second-order valence-corrected chi connectivity index (χ2v) is 10.0. The summed E-state index contributed by atoms with van der Waals surface area (Å²) in [7, 11) is 1.56. The van der Waals surface area contributed by atoms with E-state index >= 15 is 0 Å². The molecule has 10 nitrogen and oxygen atoms in total. The van der Waals surface area contributed by atoms with Crippen LogP contribution in [0.5, 0.6) is 5.75 Å². The van der Waals surface area contributed by atoms with Crippen LogP contribution in [0.3, 0.4) is 0 Å². The zero-order valence-electron chi connectivity index (χ0n) is 22.2. The van der Waals surface area contributed by atoms with Gasteiger partial charge in [0.1, 0.15) is 35.7 Å². The lowest BCUT2D eigenvalue weighted by Crippen LogP contribution is -2.76. The van der Waals surface area contributed by atoms with Crippen molar-refractivity contribution >= 4 is 17.8 Å². The van der Waals surface area contributed by atoms with E-state index in [1.54, 1.807) is 7.05 Å². The fourth-order valence-corrected chi connectivity index (χ4v) is 5.25. The highest BCUT2D eigenvalue weighted by atomic mass is 19.1. The molecule has 2 fully saturated rings. The van der Waals surface area contributed by atoms with Crippen LogP contribution in [-0.2, 0) is 22.7 Å². The largest absolute Gasteiger partial charge is 0.508 e. The molecule has 0 radical (unpaired) electrons. The number of aliphatic hydroxyl groups is 1. The lowest BCUT2D eigenvalue weighted by molar-refractivity contribution is -0.194. The molecule has 0 aliphatic carbocycles. The third-order valence-electron chi connectivity index (χ3n) is 7.28. The van der Waals surface area contributed by atoms with Crippen LogP contribution >= 0.6 is 0 Å². The molecule has 2 aliphatic rings. The zero-order valence-corrected chi connectivity index (χ0v) is 22.2. The van der Waals surface area contributed by atoms with Crippen LogP contribution in [0.2, 0.25) is 0 Å². The lowest BCUT2D eigenvalue weighted by atomic mass is 9.95. The topological polar surface area (TPSA) is 117 Å². The average Bonchev–Trinajstić information content (AvgIpc) is 2.94. The van der Waals surface area contributed by atoms with Gasteiger partial charge >= 0.3 is 6.03 Å². The molecular weight excluding hydrogens is 548 g/mol. The van der Waals surface area contributed by atoms with Gasteiger partial charge in [-0.2, -0.15) is 0 Å². The second kappa shape index (κ2) is 12.5. The van der Waals surface area contributed by atoms with Crippen LogP contribution in [0.25, 0.3) is 0 Å². The summed E-state index contributed by atoms with van der Waals surface area (Å²) in [5, 5.41) is 26.7. The molecule has 2 saturated heterocycles. The number of nitrogens with one attached hydrogen (secondary N) is 1. The summed E-state index contributed by atoms with van der Waals surface area (Å²) in [6, 6.07) is 15.7. The Morgan fingerprint density at radius 1 is 1.05 bits per heavy atom. The van der Waals surface area contributed by atoms with Crippen LogP contribution in [0, 0.1) is 11.6 Å². The predicted octanol–water partition coefficient (Wildman–Crippen LogP) is 2.98. The first kappa shape index (κ1) is 30.4. The number of carbonyl (C=O) groups is 3. The Kier molecular flexibility index (Phi) is 9.08. The van der Waals surface area contributed by atoms with Gasteiger partial charge in [-0.1, -0.05) is 56.0 Å². The van der Waals surface area contributed by atoms with Gasteiger partial charge in [0.25, 0.3) is 0 Å². The van der Waals surface area contributed by atoms with Crippen LogP contribution in [0.15, 0.2) is 72.8 Å². The van der Waals surface area contributed by atoms with Crippen molar-refractivity contribution in [2.75, 3.05) is 20.1 Å². The van der Waals surface area contributed by atoms with Crippen molar-refractivity contribution in [2.45, 2.75) is 38.8 Å². The molecule has 0 unspecified atom stereocenters. The predicted molar refractivity (Wildman–Crippen MR) is 149 cm³/mol. The Morgan fingerprint density at radius 2 is 1.74 bits per heavy atom. The number of benzene rings is 3. The fraction of sp³-hybridized carbons (Fsp3) is 0.300. The Labute approximate surface area is 242 Å². The van der Waals surface area contributed by atoms with E-state index in [4.69, 9.17) is 0 Å². The zero-order chi connectivity index (χ0) is 29.3. The minimum atomic E-state index is -1.53. The molecule has 42 heavy (non-hydrogen) atoms. The maximum atomic E-state index is 14.6. The number of urea groups is 1. The summed E-state index contributed by atoms with van der Waals surface area (Å²) in [6.45, 7) is -0.518. The Bertz CT molecular complexity index is 1440. The van der Waals surface area contributed by atoms with Gasteiger partial charge < -0.3 is 25.3 Å². The minimum absolute atomic E-state index is 0. The van der Waals surface area contributed by atoms with E-state index in [1.807, 2.05) is 30.3 Å². The number of rotatable bonds is 6. The number of phenols is 1. The number of aliphatic hydroxyl groups excluding tert-OH is 1. The van der Waals surface area contributed by atoms with Gasteiger partial charge in [0.05, 0.1) is 13.1 Å². The van der Waals surface area contributed by atoms with Crippen LogP contribution in [-0.4, -0.2) is 80.2 Å². The van der Waals surface area contributed by atoms with Crippen LogP contribution in [0.1, 0.15) is 30.2 Å². The van der Waals surface area contributed by atoms with Crippen LogP contribution in [0.4, 0.5) is 13.6 Å². The van der Waals surface area contributed by atoms with Gasteiger partial charge in [-0.25, -0.2) is 23.6 Å². The van der Waals surface area contributed by atoms with E-state index in [1.165, 1.54) is 50.1 Å². The maximum Gasteiger partial charge on any atom is 0.334 e. The van der Waals surface area contributed by atoms with Gasteiger partial charge in [-0.05, 0) is 29.3 Å². The Morgan fingerprint density at radius 3 is 2.40 bits per heavy atom. The van der Waals surface area contributed by atoms with Crippen molar-refractivity contribution in [1.29, 1.82) is 0 Å². The van der Waals surface area contributed by atoms with Gasteiger partial charge in [-0.15, -0.1) is 0 Å². The van der Waals surface area contributed by atoms with Gasteiger partial charge in [0.2, 0.25) is 11.8 Å². The SMILES string of the molecule is C.CN1CC(=O)N2[C@@H]([C@H](O)c3ccc(O)cc3)C(=O)N(Cc3ccc(F)cc3F)C[C@@H]2N1C(=O)NCc1ccccc1. The number of carbonyl (C=O) groups excluding carboxylic acids is 3. The summed E-state index contributed by atoms with van der Waals surface area (Å²) in [5.74, 6) is -2.85. The quantitative estimate of drug-likeness (QED) is 0.412. The smallest absolute Gasteiger partial charge is 0.334 e. The number of hydrogen-bond acceptors (Lipinski definition) is 6. The molecule has 222 valence electrons. The third-order valence-corrected chi connectivity index (χ3v) is 7.28. The van der Waals surface area contributed by atoms with Crippen molar-refractivity contribution in [3.05, 3.63) is 101 Å². The number of hydrazine groups is 1. The van der Waals surface area contributed by atoms with Gasteiger partial charge in [0.15, 0.2) is 0 Å². The monoisotopic (exact) mass is 581 g/mol. The normalized spacial score (nSPS) is 19.7. The van der Waals surface area contributed by atoms with E-state index < -0.39 is 47.8 Å². The molecule has 5 rings (SSSR count). The third kappa shape index (κ3) is 6.04. The van der Waals surface area contributed by atoms with Crippen LogP contribution < -0.4 is 5.32 Å². The average molecular weight is 582 g/mol. The first-order valence-corrected chi connectivity index (χ1v) is 13.0. The molecule has 12 heteroatoms. The van der Waals surface area contributed by atoms with E-state index in [0.29, 0.717) is 6.07 Å². The number of nitrogens with zero attached hydrogens (tertiary/aromatic N) is 4. The maximum absolute atomic E-state index is 14.6. The molecule has 3 N–H and O–H groups in total. The summed E-state index contributed by atoms with van der Waals surface area (Å²) >= 11 is 0. The van der Waals surface area contributed by atoms with Gasteiger partial charge in [0, 0.05) is 31.8 Å². The molecule has 3 aromatic rings. The highest BCUT2D eigenvalue weighted by Crippen LogP contribution is 2.33. The summed E-state index contributed by atoms with van der Waals surface area (Å²) in [4.78, 5) is 43.2. The first-order valence-electron chi connectivity index (χ1n) is 13.0. The number of likely N-dealkylation sites (N-methyl/N-ethyl adjacent to an activating group) is 1. The molecular formula is C30H33F2N5O5. The molecule has 2 heterocycles. The first-order chi connectivity index (χ1) is 19.6. The molecule has 4 amide bonds. The Balaban J connectivity index is 0.00000405. The summed E-state index contributed by atoms with van der Waals surface area (Å²) in [6.07, 6.45) is -2.58. The summed E-state index contributed by atoms with van der Waals surface area (Å²) in [5.41, 5.74) is 1.13. The lowest BCUT2D eigenvalue weighted by Gasteiger charge is -2.55. The van der Waals surface area contributed by atoms with Crippen molar-refractivity contribution in [2.24, 2.45) is 0 Å². The fourth-order valence-electron chi connectivity index (χ4n) is 5.25. The van der Waals surface area contributed by atoms with Crippen molar-refractivity contribution in [3.63, 3.8) is 0 Å². The second-order valence-electron chi connectivity index (χ2n) is 10.0. The number of phenolic OH excluding ortho intramolecular Hbond substituents is 1. The van der Waals surface area contributed by atoms with E-state index in [0.717, 1.165) is 11.6 Å². The van der Waals surface area contributed by atoms with E-state index in [2.05, 4.69) is 5.32 Å². The van der Waals surface area contributed by atoms with Crippen molar-refractivity contribution in [1.82, 2.24) is 25.1 Å². The molecule has 3 atom stereocenters. The molecule has 2 aliphatic heterocycles. The highest BCUT2D eigenvalue weighted by molar-refractivity contribution is 5.92. The molecule has 0 aromatic heterocycles. The van der Waals surface area contributed by atoms with Crippen molar-refractivity contribution < 1.29 is 33.4 Å². The standard InChI is InChI=1S/C29H29F2N5O5.CH4/c1-33-17-25(38)35-24(36(33)29(41)32-14-18-5-3-2-4-6-18)16-34(15-20-7-10-21(30)13-23(20)31)28(40)26(35)27(39)19-8-11-22(37)12-9-19;/h2-13,24,26-27,37,39H,14-17H2,1H3,(H,32,41);1H4/t24-,26-,27+;/m0./s1. The minimum Gasteiger partial charge on any atom is -0.508 e. The van der Waals surface area contributed by atoms with E-state index in [9.17, 15) is 33.4 Å². The van der Waals surface area contributed by atoms with Crippen molar-refractivity contribution in [3.8, 4) is 5.75 Å². The van der Waals surface area contributed by atoms with E-state index in [-0.39, 0.29) is 50.5 Å². The number of aromatic hydroxyl groups is 1. The van der Waals surface area contributed by atoms with Gasteiger partial charge in [-0.3, -0.25) is 9.59 Å². The Hall–Kier alpha value is -4.55. The highest BCUT2D eigenvalue weighted by Gasteiger charge is 2.53. The molecule has 0 spiro atoms. The number of hydrogen-bond donors (Lipinski definition) is 3. The number of halogens is 2. The number of fused-ring (bicyclic) bond motifs is 1. The number of piperazine rings is 1.